The van der Waals surface area contributed by atoms with Crippen LogP contribution in [-0.2, 0) is 6.54 Å². The van der Waals surface area contributed by atoms with Gasteiger partial charge in [0.1, 0.15) is 10.9 Å². The van der Waals surface area contributed by atoms with Crippen LogP contribution in [0, 0.1) is 6.92 Å². The lowest BCUT2D eigenvalue weighted by Crippen LogP contribution is -2.04. The van der Waals surface area contributed by atoms with E-state index >= 15 is 0 Å². The number of alkyl halides is 2. The van der Waals surface area contributed by atoms with Crippen LogP contribution in [0.2, 0.25) is 5.15 Å². The van der Waals surface area contributed by atoms with E-state index in [0.717, 1.165) is 11.3 Å². The molecule has 0 N–H and O–H groups in total. The lowest BCUT2D eigenvalue weighted by atomic mass is 10.2. The third-order valence-electron chi connectivity index (χ3n) is 4.09. The van der Waals surface area contributed by atoms with Crippen molar-refractivity contribution in [2.75, 3.05) is 0 Å². The van der Waals surface area contributed by atoms with Gasteiger partial charge in [0, 0.05) is 17.5 Å². The van der Waals surface area contributed by atoms with Crippen molar-refractivity contribution in [2.24, 2.45) is 0 Å². The van der Waals surface area contributed by atoms with Crippen LogP contribution in [0.25, 0.3) is 23.0 Å². The average molecular weight is 418 g/mol. The first kappa shape index (κ1) is 19.0. The fraction of sp³-hybridized carbons (Fsp3) is 0.158. The molecule has 0 bridgehead atoms. The van der Waals surface area contributed by atoms with Crippen LogP contribution < -0.4 is 4.74 Å². The molecule has 1 aromatic carbocycles. The zero-order valence-electron chi connectivity index (χ0n) is 15.1. The number of ether oxygens (including phenoxy) is 1. The monoisotopic (exact) mass is 417 g/mol. The van der Waals surface area contributed by atoms with Gasteiger partial charge in [-0.1, -0.05) is 22.8 Å². The molecular weight excluding hydrogens is 404 g/mol. The predicted octanol–water partition coefficient (Wildman–Crippen LogP) is 4.61. The largest absolute Gasteiger partial charge is 0.435 e. The standard InChI is InChI=1S/C19H14ClF2N5O2/c1-11-8-15(25-27(11)10-12-2-7-16(20)23-9-12)18-24-17(26-29-18)13-3-5-14(6-4-13)28-19(21)22/h2-9,19H,10H2,1H3. The molecule has 0 spiro atoms. The zero-order valence-corrected chi connectivity index (χ0v) is 15.8. The van der Waals surface area contributed by atoms with Gasteiger partial charge in [-0.15, -0.1) is 0 Å². The second-order valence-electron chi connectivity index (χ2n) is 6.14. The Labute approximate surface area is 168 Å². The summed E-state index contributed by atoms with van der Waals surface area (Å²) in [7, 11) is 0. The number of rotatable bonds is 6. The summed E-state index contributed by atoms with van der Waals surface area (Å²) in [5.74, 6) is 0.625. The van der Waals surface area contributed by atoms with Crippen molar-refractivity contribution >= 4 is 11.6 Å². The number of pyridine rings is 1. The summed E-state index contributed by atoms with van der Waals surface area (Å²) in [4.78, 5) is 8.40. The fourth-order valence-corrected chi connectivity index (χ4v) is 2.79. The van der Waals surface area contributed by atoms with Gasteiger partial charge in [0.2, 0.25) is 5.82 Å². The van der Waals surface area contributed by atoms with Crippen LogP contribution in [0.15, 0.2) is 53.2 Å². The molecule has 0 fully saturated rings. The van der Waals surface area contributed by atoms with Gasteiger partial charge in [0.05, 0.1) is 6.54 Å². The topological polar surface area (TPSA) is 78.9 Å². The van der Waals surface area contributed by atoms with Crippen molar-refractivity contribution in [2.45, 2.75) is 20.1 Å². The van der Waals surface area contributed by atoms with Crippen LogP contribution in [0.3, 0.4) is 0 Å². The summed E-state index contributed by atoms with van der Waals surface area (Å²) in [6, 6.07) is 11.4. The molecular formula is C19H14ClF2N5O2. The number of aryl methyl sites for hydroxylation is 1. The summed E-state index contributed by atoms with van der Waals surface area (Å²) in [5.41, 5.74) is 2.98. The number of nitrogens with zero attached hydrogens (tertiary/aromatic N) is 5. The first-order chi connectivity index (χ1) is 14.0. The quantitative estimate of drug-likeness (QED) is 0.426. The van der Waals surface area contributed by atoms with Gasteiger partial charge in [0.15, 0.2) is 5.69 Å². The Morgan fingerprint density at radius 2 is 1.97 bits per heavy atom. The highest BCUT2D eigenvalue weighted by Gasteiger charge is 2.15. The van der Waals surface area contributed by atoms with Crippen molar-refractivity contribution in [3.63, 3.8) is 0 Å². The Morgan fingerprint density at radius 1 is 1.17 bits per heavy atom. The van der Waals surface area contributed by atoms with Crippen molar-refractivity contribution in [3.8, 4) is 28.7 Å². The minimum absolute atomic E-state index is 0.0542. The molecule has 3 heterocycles. The highest BCUT2D eigenvalue weighted by Crippen LogP contribution is 2.24. The van der Waals surface area contributed by atoms with Crippen LogP contribution in [0.4, 0.5) is 8.78 Å². The van der Waals surface area contributed by atoms with E-state index in [0.29, 0.717) is 28.8 Å². The Balaban J connectivity index is 1.53. The van der Waals surface area contributed by atoms with Gasteiger partial charge in [-0.3, -0.25) is 4.68 Å². The molecule has 3 aromatic heterocycles. The van der Waals surface area contributed by atoms with Crippen LogP contribution in [0.5, 0.6) is 5.75 Å². The summed E-state index contributed by atoms with van der Waals surface area (Å²) in [5, 5.41) is 8.87. The number of hydrogen-bond acceptors (Lipinski definition) is 6. The zero-order chi connectivity index (χ0) is 20.4. The summed E-state index contributed by atoms with van der Waals surface area (Å²) >= 11 is 5.81. The fourth-order valence-electron chi connectivity index (χ4n) is 2.68. The van der Waals surface area contributed by atoms with Gasteiger partial charge in [-0.05, 0) is 48.9 Å². The summed E-state index contributed by atoms with van der Waals surface area (Å²) < 4.78 is 35.9. The van der Waals surface area contributed by atoms with Gasteiger partial charge in [-0.2, -0.15) is 18.9 Å². The van der Waals surface area contributed by atoms with Gasteiger partial charge in [0.25, 0.3) is 5.89 Å². The number of hydrogen-bond donors (Lipinski definition) is 0. The third kappa shape index (κ3) is 4.40. The van der Waals surface area contributed by atoms with Crippen molar-refractivity contribution in [1.82, 2.24) is 24.9 Å². The highest BCUT2D eigenvalue weighted by molar-refractivity contribution is 6.29. The second-order valence-corrected chi connectivity index (χ2v) is 6.53. The Hall–Kier alpha value is -3.33. The highest BCUT2D eigenvalue weighted by atomic mass is 35.5. The first-order valence-corrected chi connectivity index (χ1v) is 8.90. The van der Waals surface area contributed by atoms with Crippen LogP contribution in [0.1, 0.15) is 11.3 Å². The number of aromatic nitrogens is 5. The SMILES string of the molecule is Cc1cc(-c2nc(-c3ccc(OC(F)F)cc3)no2)nn1Cc1ccc(Cl)nc1. The molecule has 4 aromatic rings. The Morgan fingerprint density at radius 3 is 2.66 bits per heavy atom. The lowest BCUT2D eigenvalue weighted by molar-refractivity contribution is -0.0498. The van der Waals surface area contributed by atoms with Crippen molar-refractivity contribution in [1.29, 1.82) is 0 Å². The van der Waals surface area contributed by atoms with E-state index in [-0.39, 0.29) is 11.6 Å². The lowest BCUT2D eigenvalue weighted by Gasteiger charge is -2.03. The van der Waals surface area contributed by atoms with E-state index < -0.39 is 6.61 Å². The summed E-state index contributed by atoms with van der Waals surface area (Å²) in [6.45, 7) is -0.443. The maximum atomic E-state index is 12.2. The molecule has 0 aliphatic rings. The molecule has 4 rings (SSSR count). The van der Waals surface area contributed by atoms with E-state index in [1.165, 1.54) is 12.1 Å². The maximum absolute atomic E-state index is 12.2. The molecule has 0 unspecified atom stereocenters. The molecule has 7 nitrogen and oxygen atoms in total. The van der Waals surface area contributed by atoms with E-state index in [1.807, 2.05) is 19.1 Å². The molecule has 0 saturated heterocycles. The van der Waals surface area contributed by atoms with Gasteiger partial charge < -0.3 is 9.26 Å². The van der Waals surface area contributed by atoms with Gasteiger partial charge >= 0.3 is 6.61 Å². The Kier molecular flexibility index (Phi) is 5.22. The second kappa shape index (κ2) is 7.96. The van der Waals surface area contributed by atoms with Crippen molar-refractivity contribution < 1.29 is 18.0 Å². The molecule has 10 heteroatoms. The van der Waals surface area contributed by atoms with Crippen LogP contribution >= 0.6 is 11.6 Å². The minimum atomic E-state index is -2.88. The maximum Gasteiger partial charge on any atom is 0.387 e. The molecule has 0 saturated carbocycles. The Bertz CT molecular complexity index is 1110. The molecule has 148 valence electrons. The van der Waals surface area contributed by atoms with E-state index in [1.54, 1.807) is 29.1 Å². The third-order valence-corrected chi connectivity index (χ3v) is 4.31. The molecule has 0 aliphatic carbocycles. The minimum Gasteiger partial charge on any atom is -0.435 e. The molecule has 0 radical (unpaired) electrons. The average Bonchev–Trinajstić information content (AvgIpc) is 3.31. The normalized spacial score (nSPS) is 11.2. The number of halogens is 3. The number of benzene rings is 1. The van der Waals surface area contributed by atoms with E-state index in [9.17, 15) is 8.78 Å². The van der Waals surface area contributed by atoms with Crippen LogP contribution in [-0.4, -0.2) is 31.5 Å². The van der Waals surface area contributed by atoms with E-state index in [2.05, 4.69) is 25.0 Å². The molecule has 0 atom stereocenters. The van der Waals surface area contributed by atoms with Crippen molar-refractivity contribution in [3.05, 3.63) is 65.1 Å². The van der Waals surface area contributed by atoms with E-state index in [4.69, 9.17) is 16.1 Å². The molecule has 29 heavy (non-hydrogen) atoms. The molecule has 0 aliphatic heterocycles. The smallest absolute Gasteiger partial charge is 0.387 e. The predicted molar refractivity (Wildman–Crippen MR) is 101 cm³/mol. The summed E-state index contributed by atoms with van der Waals surface area (Å²) in [6.07, 6.45) is 1.69. The molecule has 0 amide bonds. The first-order valence-electron chi connectivity index (χ1n) is 8.52. The van der Waals surface area contributed by atoms with Gasteiger partial charge in [-0.25, -0.2) is 4.98 Å².